The van der Waals surface area contributed by atoms with Crippen molar-refractivity contribution in [2.75, 3.05) is 12.4 Å². The molecule has 0 atom stereocenters. The summed E-state index contributed by atoms with van der Waals surface area (Å²) in [6.45, 7) is 1.16. The van der Waals surface area contributed by atoms with Crippen molar-refractivity contribution in [2.45, 2.75) is 13.2 Å². The van der Waals surface area contributed by atoms with Gasteiger partial charge in [0.1, 0.15) is 6.61 Å². The van der Waals surface area contributed by atoms with Gasteiger partial charge in [0.2, 0.25) is 0 Å². The predicted octanol–water partition coefficient (Wildman–Crippen LogP) is 6.91. The Morgan fingerprint density at radius 1 is 1.00 bits per heavy atom. The lowest BCUT2D eigenvalue weighted by Gasteiger charge is -2.15. The molecule has 0 aliphatic heterocycles. The number of hydrogen-bond donors (Lipinski definition) is 1. The molecule has 27 heavy (non-hydrogen) atoms. The summed E-state index contributed by atoms with van der Waals surface area (Å²) in [7, 11) is 1.66. The standard InChI is InChI=1S/C21H18BrClINO2/c1-26-20-11-15(12-25-18-8-4-16(22)5-9-18)10-19(24)21(20)27-13-14-2-6-17(23)7-3-14/h2-11,25H,12-13H2,1H3. The molecule has 0 unspecified atom stereocenters. The number of anilines is 1. The molecule has 3 nitrogen and oxygen atoms in total. The highest BCUT2D eigenvalue weighted by Gasteiger charge is 2.12. The number of nitrogens with one attached hydrogen (secondary N) is 1. The molecule has 140 valence electrons. The van der Waals surface area contributed by atoms with Gasteiger partial charge in [0.25, 0.3) is 0 Å². The third kappa shape index (κ3) is 5.77. The zero-order valence-electron chi connectivity index (χ0n) is 14.6. The second-order valence-corrected chi connectivity index (χ2v) is 8.40. The fourth-order valence-corrected chi connectivity index (χ4v) is 3.74. The van der Waals surface area contributed by atoms with Gasteiger partial charge < -0.3 is 14.8 Å². The van der Waals surface area contributed by atoms with Crippen molar-refractivity contribution in [2.24, 2.45) is 0 Å². The third-order valence-electron chi connectivity index (χ3n) is 3.93. The zero-order valence-corrected chi connectivity index (χ0v) is 19.1. The number of methoxy groups -OCH3 is 1. The first-order valence-electron chi connectivity index (χ1n) is 8.28. The fraction of sp³-hybridized carbons (Fsp3) is 0.143. The minimum atomic E-state index is 0.458. The van der Waals surface area contributed by atoms with Crippen LogP contribution in [0.25, 0.3) is 0 Å². The van der Waals surface area contributed by atoms with Crippen LogP contribution in [0.2, 0.25) is 5.02 Å². The van der Waals surface area contributed by atoms with E-state index in [2.05, 4.69) is 49.9 Å². The first-order chi connectivity index (χ1) is 13.0. The van der Waals surface area contributed by atoms with Crippen LogP contribution in [0, 0.1) is 3.57 Å². The van der Waals surface area contributed by atoms with Gasteiger partial charge in [-0.15, -0.1) is 0 Å². The van der Waals surface area contributed by atoms with Gasteiger partial charge in [-0.2, -0.15) is 0 Å². The van der Waals surface area contributed by atoms with E-state index in [0.717, 1.165) is 36.4 Å². The molecule has 3 aromatic rings. The topological polar surface area (TPSA) is 30.5 Å². The quantitative estimate of drug-likeness (QED) is 0.320. The molecule has 0 saturated heterocycles. The molecule has 0 spiro atoms. The molecule has 6 heteroatoms. The average Bonchev–Trinajstić information content (AvgIpc) is 2.67. The Morgan fingerprint density at radius 3 is 2.37 bits per heavy atom. The molecule has 0 saturated carbocycles. The monoisotopic (exact) mass is 557 g/mol. The number of rotatable bonds is 7. The normalized spacial score (nSPS) is 10.5. The van der Waals surface area contributed by atoms with Gasteiger partial charge in [-0.05, 0) is 82.2 Å². The van der Waals surface area contributed by atoms with E-state index in [1.54, 1.807) is 7.11 Å². The third-order valence-corrected chi connectivity index (χ3v) is 5.51. The largest absolute Gasteiger partial charge is 0.493 e. The summed E-state index contributed by atoms with van der Waals surface area (Å²) in [4.78, 5) is 0. The minimum Gasteiger partial charge on any atom is -0.493 e. The maximum atomic E-state index is 6.01. The summed E-state index contributed by atoms with van der Waals surface area (Å²) in [5.74, 6) is 1.48. The fourth-order valence-electron chi connectivity index (χ4n) is 2.52. The van der Waals surface area contributed by atoms with E-state index in [0.29, 0.717) is 18.2 Å². The van der Waals surface area contributed by atoms with Crippen molar-refractivity contribution in [3.63, 3.8) is 0 Å². The van der Waals surface area contributed by atoms with Crippen LogP contribution in [0.5, 0.6) is 11.5 Å². The summed E-state index contributed by atoms with van der Waals surface area (Å²) < 4.78 is 13.6. The van der Waals surface area contributed by atoms with E-state index in [4.69, 9.17) is 21.1 Å². The Labute approximate surface area is 186 Å². The van der Waals surface area contributed by atoms with Gasteiger partial charge in [0.15, 0.2) is 11.5 Å². The van der Waals surface area contributed by atoms with Gasteiger partial charge in [-0.25, -0.2) is 0 Å². The lowest BCUT2D eigenvalue weighted by Crippen LogP contribution is -2.03. The Morgan fingerprint density at radius 2 is 1.70 bits per heavy atom. The van der Waals surface area contributed by atoms with E-state index >= 15 is 0 Å². The van der Waals surface area contributed by atoms with Gasteiger partial charge >= 0.3 is 0 Å². The Kier molecular flexibility index (Phi) is 7.26. The number of benzene rings is 3. The summed E-state index contributed by atoms with van der Waals surface area (Å²) in [6.07, 6.45) is 0. The van der Waals surface area contributed by atoms with Crippen molar-refractivity contribution < 1.29 is 9.47 Å². The molecule has 0 aliphatic rings. The van der Waals surface area contributed by atoms with Crippen LogP contribution in [0.1, 0.15) is 11.1 Å². The SMILES string of the molecule is COc1cc(CNc2ccc(Br)cc2)cc(I)c1OCc1ccc(Cl)cc1. The minimum absolute atomic E-state index is 0.458. The molecule has 1 N–H and O–H groups in total. The molecule has 0 fully saturated rings. The Hall–Kier alpha value is -1.44. The smallest absolute Gasteiger partial charge is 0.174 e. The van der Waals surface area contributed by atoms with Crippen molar-refractivity contribution >= 4 is 55.8 Å². The second-order valence-electron chi connectivity index (χ2n) is 5.88. The van der Waals surface area contributed by atoms with Crippen molar-refractivity contribution in [1.82, 2.24) is 0 Å². The van der Waals surface area contributed by atoms with Gasteiger partial charge in [-0.3, -0.25) is 0 Å². The van der Waals surface area contributed by atoms with Gasteiger partial charge in [0.05, 0.1) is 10.7 Å². The van der Waals surface area contributed by atoms with E-state index in [1.807, 2.05) is 54.6 Å². The van der Waals surface area contributed by atoms with Crippen LogP contribution >= 0.6 is 50.1 Å². The molecular formula is C21H18BrClINO2. The van der Waals surface area contributed by atoms with Crippen LogP contribution in [0.15, 0.2) is 65.1 Å². The first kappa shape index (κ1) is 20.3. The summed E-state index contributed by atoms with van der Waals surface area (Å²) in [6, 6.07) is 19.8. The number of ether oxygens (including phenoxy) is 2. The van der Waals surface area contributed by atoms with Crippen LogP contribution in [-0.4, -0.2) is 7.11 Å². The molecule has 0 aliphatic carbocycles. The average molecular weight is 559 g/mol. The predicted molar refractivity (Wildman–Crippen MR) is 123 cm³/mol. The van der Waals surface area contributed by atoms with Crippen LogP contribution in [-0.2, 0) is 13.2 Å². The Bertz CT molecular complexity index is 901. The molecule has 0 aromatic heterocycles. The maximum Gasteiger partial charge on any atom is 0.174 e. The second kappa shape index (κ2) is 9.66. The summed E-state index contributed by atoms with van der Waals surface area (Å²) in [5, 5.41) is 4.13. The molecular weight excluding hydrogens is 540 g/mol. The molecule has 3 rings (SSSR count). The molecule has 0 radical (unpaired) electrons. The lowest BCUT2D eigenvalue weighted by molar-refractivity contribution is 0.282. The van der Waals surface area contributed by atoms with Crippen molar-refractivity contribution in [3.8, 4) is 11.5 Å². The van der Waals surface area contributed by atoms with Crippen LogP contribution in [0.3, 0.4) is 0 Å². The van der Waals surface area contributed by atoms with Crippen molar-refractivity contribution in [1.29, 1.82) is 0 Å². The maximum absolute atomic E-state index is 6.01. The highest BCUT2D eigenvalue weighted by molar-refractivity contribution is 14.1. The summed E-state index contributed by atoms with van der Waals surface area (Å²) in [5.41, 5.74) is 3.24. The van der Waals surface area contributed by atoms with Crippen LogP contribution < -0.4 is 14.8 Å². The summed E-state index contributed by atoms with van der Waals surface area (Å²) >= 11 is 11.7. The van der Waals surface area contributed by atoms with E-state index in [9.17, 15) is 0 Å². The number of halogens is 3. The first-order valence-corrected chi connectivity index (χ1v) is 10.5. The molecule has 0 heterocycles. The van der Waals surface area contributed by atoms with Gasteiger partial charge in [-0.1, -0.05) is 39.7 Å². The van der Waals surface area contributed by atoms with E-state index in [-0.39, 0.29) is 0 Å². The Balaban J connectivity index is 1.70. The molecule has 0 bridgehead atoms. The zero-order chi connectivity index (χ0) is 19.2. The highest BCUT2D eigenvalue weighted by atomic mass is 127. The van der Waals surface area contributed by atoms with Crippen molar-refractivity contribution in [3.05, 3.63) is 84.9 Å². The molecule has 3 aromatic carbocycles. The van der Waals surface area contributed by atoms with E-state index in [1.165, 1.54) is 0 Å². The molecule has 0 amide bonds. The van der Waals surface area contributed by atoms with Crippen LogP contribution in [0.4, 0.5) is 5.69 Å². The van der Waals surface area contributed by atoms with E-state index < -0.39 is 0 Å². The lowest BCUT2D eigenvalue weighted by atomic mass is 10.2. The number of hydrogen-bond acceptors (Lipinski definition) is 3. The van der Waals surface area contributed by atoms with Gasteiger partial charge in [0, 0.05) is 21.7 Å². The highest BCUT2D eigenvalue weighted by Crippen LogP contribution is 2.35.